The molecular formula is C16H16O2S2. The molecule has 20 heavy (non-hydrogen) atoms. The standard InChI is InChI=1S/C16H16O2S2/c1-14-7-9-16(10-8-14)19-11-12-20(17,18)13-15-5-3-2-4-6-15/h2-12H,13H2,1H3/b12-11+. The summed E-state index contributed by atoms with van der Waals surface area (Å²) in [6.45, 7) is 2.02. The van der Waals surface area contributed by atoms with Gasteiger partial charge in [-0.05, 0) is 30.0 Å². The van der Waals surface area contributed by atoms with Gasteiger partial charge in [-0.3, -0.25) is 0 Å². The highest BCUT2D eigenvalue weighted by molar-refractivity contribution is 8.03. The molecule has 2 nitrogen and oxygen atoms in total. The minimum absolute atomic E-state index is 0.0405. The first-order valence-corrected chi connectivity index (χ1v) is 8.81. The number of thioether (sulfide) groups is 1. The van der Waals surface area contributed by atoms with Crippen LogP contribution in [0.2, 0.25) is 0 Å². The molecule has 0 heterocycles. The summed E-state index contributed by atoms with van der Waals surface area (Å²) in [5.41, 5.74) is 1.99. The highest BCUT2D eigenvalue weighted by Gasteiger charge is 2.07. The number of sulfone groups is 1. The van der Waals surface area contributed by atoms with E-state index in [0.717, 1.165) is 10.5 Å². The Morgan fingerprint density at radius 1 is 1.00 bits per heavy atom. The van der Waals surface area contributed by atoms with Crippen molar-refractivity contribution in [3.05, 3.63) is 76.5 Å². The van der Waals surface area contributed by atoms with Gasteiger partial charge in [0.1, 0.15) is 0 Å². The van der Waals surface area contributed by atoms with E-state index >= 15 is 0 Å². The first kappa shape index (κ1) is 14.9. The highest BCUT2D eigenvalue weighted by atomic mass is 32.2. The van der Waals surface area contributed by atoms with E-state index in [-0.39, 0.29) is 5.75 Å². The first-order valence-electron chi connectivity index (χ1n) is 6.22. The number of hydrogen-bond acceptors (Lipinski definition) is 3. The fourth-order valence-corrected chi connectivity index (χ4v) is 3.77. The van der Waals surface area contributed by atoms with E-state index in [9.17, 15) is 8.42 Å². The zero-order chi connectivity index (χ0) is 14.4. The zero-order valence-corrected chi connectivity index (χ0v) is 12.8. The molecule has 0 bridgehead atoms. The smallest absolute Gasteiger partial charge is 0.176 e. The van der Waals surface area contributed by atoms with Crippen molar-refractivity contribution in [3.63, 3.8) is 0 Å². The van der Waals surface area contributed by atoms with Crippen LogP contribution in [0.3, 0.4) is 0 Å². The van der Waals surface area contributed by atoms with E-state index in [1.807, 2.05) is 61.5 Å². The van der Waals surface area contributed by atoms with Crippen LogP contribution in [0.1, 0.15) is 11.1 Å². The minimum atomic E-state index is -3.21. The van der Waals surface area contributed by atoms with Crippen molar-refractivity contribution in [2.24, 2.45) is 0 Å². The third-order valence-electron chi connectivity index (χ3n) is 2.70. The van der Waals surface area contributed by atoms with Gasteiger partial charge < -0.3 is 0 Å². The Labute approximate surface area is 124 Å². The average molecular weight is 304 g/mol. The van der Waals surface area contributed by atoms with E-state index in [0.29, 0.717) is 0 Å². The normalized spacial score (nSPS) is 11.8. The molecule has 0 radical (unpaired) electrons. The number of hydrogen-bond donors (Lipinski definition) is 0. The minimum Gasteiger partial charge on any atom is -0.224 e. The molecule has 0 unspecified atom stereocenters. The molecule has 0 N–H and O–H groups in total. The van der Waals surface area contributed by atoms with Crippen LogP contribution < -0.4 is 0 Å². The molecule has 0 aliphatic carbocycles. The second-order valence-corrected chi connectivity index (χ2v) is 7.36. The molecule has 104 valence electrons. The van der Waals surface area contributed by atoms with Crippen LogP contribution in [-0.2, 0) is 15.6 Å². The largest absolute Gasteiger partial charge is 0.224 e. The van der Waals surface area contributed by atoms with Crippen LogP contribution in [0.4, 0.5) is 0 Å². The van der Waals surface area contributed by atoms with Gasteiger partial charge in [0.15, 0.2) is 9.84 Å². The monoisotopic (exact) mass is 304 g/mol. The van der Waals surface area contributed by atoms with E-state index in [2.05, 4.69) is 0 Å². The quantitative estimate of drug-likeness (QED) is 0.777. The molecule has 0 aliphatic heterocycles. The predicted molar refractivity (Wildman–Crippen MR) is 85.2 cm³/mol. The van der Waals surface area contributed by atoms with Crippen LogP contribution in [0, 0.1) is 6.92 Å². The average Bonchev–Trinajstić information content (AvgIpc) is 2.41. The summed E-state index contributed by atoms with van der Waals surface area (Å²) in [5, 5.41) is 2.91. The maximum atomic E-state index is 11.9. The highest BCUT2D eigenvalue weighted by Crippen LogP contribution is 2.20. The summed E-state index contributed by atoms with van der Waals surface area (Å²) in [6, 6.07) is 17.2. The maximum Gasteiger partial charge on any atom is 0.176 e. The second kappa shape index (κ2) is 6.77. The number of rotatable bonds is 5. The Morgan fingerprint density at radius 2 is 1.65 bits per heavy atom. The summed E-state index contributed by atoms with van der Waals surface area (Å²) >= 11 is 1.41. The van der Waals surface area contributed by atoms with E-state index in [1.54, 1.807) is 5.41 Å². The zero-order valence-electron chi connectivity index (χ0n) is 11.2. The van der Waals surface area contributed by atoms with Crippen molar-refractivity contribution in [1.82, 2.24) is 0 Å². The Balaban J connectivity index is 1.97. The first-order chi connectivity index (χ1) is 9.55. The fraction of sp³-hybridized carbons (Fsp3) is 0.125. The van der Waals surface area contributed by atoms with Crippen molar-refractivity contribution in [3.8, 4) is 0 Å². The molecule has 0 atom stereocenters. The van der Waals surface area contributed by atoms with Gasteiger partial charge in [0.2, 0.25) is 0 Å². The van der Waals surface area contributed by atoms with Gasteiger partial charge in [0.05, 0.1) is 5.75 Å². The molecule has 4 heteroatoms. The van der Waals surface area contributed by atoms with Gasteiger partial charge in [-0.15, -0.1) is 0 Å². The summed E-state index contributed by atoms with van der Waals surface area (Å²) in [4.78, 5) is 1.03. The van der Waals surface area contributed by atoms with E-state index in [1.165, 1.54) is 22.7 Å². The fourth-order valence-electron chi connectivity index (χ4n) is 1.66. The third-order valence-corrected chi connectivity index (χ3v) is 4.97. The lowest BCUT2D eigenvalue weighted by Gasteiger charge is -2.00. The van der Waals surface area contributed by atoms with Crippen molar-refractivity contribution in [2.45, 2.75) is 17.6 Å². The van der Waals surface area contributed by atoms with Crippen molar-refractivity contribution >= 4 is 21.6 Å². The molecule has 2 aromatic rings. The van der Waals surface area contributed by atoms with Crippen LogP contribution >= 0.6 is 11.8 Å². The molecule has 0 aliphatic rings. The van der Waals surface area contributed by atoms with Gasteiger partial charge in [0.25, 0.3) is 0 Å². The third kappa shape index (κ3) is 4.87. The lowest BCUT2D eigenvalue weighted by molar-refractivity contribution is 0.604. The van der Waals surface area contributed by atoms with Gasteiger partial charge in [-0.25, -0.2) is 8.42 Å². The Hall–Kier alpha value is -1.52. The number of benzene rings is 2. The lowest BCUT2D eigenvalue weighted by atomic mass is 10.2. The SMILES string of the molecule is Cc1ccc(S/C=C/S(=O)(=O)Cc2ccccc2)cc1. The van der Waals surface area contributed by atoms with Crippen molar-refractivity contribution in [1.29, 1.82) is 0 Å². The van der Waals surface area contributed by atoms with Crippen LogP contribution in [-0.4, -0.2) is 8.42 Å². The predicted octanol–water partition coefficient (Wildman–Crippen LogP) is 4.17. The maximum absolute atomic E-state index is 11.9. The molecule has 0 saturated heterocycles. The second-order valence-electron chi connectivity index (χ2n) is 4.50. The molecule has 0 amide bonds. The lowest BCUT2D eigenvalue weighted by Crippen LogP contribution is -1.99. The Morgan fingerprint density at radius 3 is 2.30 bits per heavy atom. The topological polar surface area (TPSA) is 34.1 Å². The Kier molecular flexibility index (Phi) is 5.04. The molecule has 0 fully saturated rings. The molecule has 0 aromatic heterocycles. The Bertz CT molecular complexity index is 672. The van der Waals surface area contributed by atoms with Crippen LogP contribution in [0.15, 0.2) is 70.3 Å². The summed E-state index contributed by atoms with van der Waals surface area (Å²) in [6.07, 6.45) is 0. The molecule has 2 rings (SSSR count). The summed E-state index contributed by atoms with van der Waals surface area (Å²) in [5.74, 6) is 0.0405. The van der Waals surface area contributed by atoms with Gasteiger partial charge in [-0.2, -0.15) is 0 Å². The summed E-state index contributed by atoms with van der Waals surface area (Å²) < 4.78 is 23.9. The summed E-state index contributed by atoms with van der Waals surface area (Å²) in [7, 11) is -3.21. The molecule has 2 aromatic carbocycles. The van der Waals surface area contributed by atoms with Crippen molar-refractivity contribution < 1.29 is 8.42 Å². The van der Waals surface area contributed by atoms with E-state index in [4.69, 9.17) is 0 Å². The van der Waals surface area contributed by atoms with Gasteiger partial charge >= 0.3 is 0 Å². The molecule has 0 spiro atoms. The molecular weight excluding hydrogens is 288 g/mol. The van der Waals surface area contributed by atoms with Gasteiger partial charge in [-0.1, -0.05) is 59.8 Å². The van der Waals surface area contributed by atoms with Crippen LogP contribution in [0.5, 0.6) is 0 Å². The van der Waals surface area contributed by atoms with Crippen molar-refractivity contribution in [2.75, 3.05) is 0 Å². The molecule has 0 saturated carbocycles. The number of aryl methyl sites for hydroxylation is 1. The van der Waals surface area contributed by atoms with Gasteiger partial charge in [0, 0.05) is 10.3 Å². The van der Waals surface area contributed by atoms with Crippen LogP contribution in [0.25, 0.3) is 0 Å². The van der Waals surface area contributed by atoms with E-state index < -0.39 is 9.84 Å².